The molecule has 0 unspecified atom stereocenters. The molecule has 1 amide bonds. The highest BCUT2D eigenvalue weighted by Crippen LogP contribution is 2.10. The molecule has 0 heterocycles. The summed E-state index contributed by atoms with van der Waals surface area (Å²) >= 11 is 1.64. The third-order valence-electron chi connectivity index (χ3n) is 4.23. The number of alkyl carbamates (subject to hydrolysis) is 1. The van der Waals surface area contributed by atoms with Gasteiger partial charge in [0, 0.05) is 0 Å². The molecule has 0 saturated heterocycles. The van der Waals surface area contributed by atoms with Crippen molar-refractivity contribution in [3.8, 4) is 0 Å². The second-order valence-electron chi connectivity index (χ2n) is 7.47. The van der Waals surface area contributed by atoms with Gasteiger partial charge in [-0.2, -0.15) is 11.8 Å². The van der Waals surface area contributed by atoms with E-state index in [0.717, 1.165) is 18.6 Å². The maximum Gasteiger partial charge on any atom is 0.407 e. The number of amides is 1. The van der Waals surface area contributed by atoms with Crippen LogP contribution in [0, 0.1) is 5.92 Å². The fourth-order valence-corrected chi connectivity index (χ4v) is 3.07. The molecule has 0 aromatic rings. The average Bonchev–Trinajstić information content (AvgIpc) is 2.64. The summed E-state index contributed by atoms with van der Waals surface area (Å²) in [6.07, 6.45) is 13.0. The monoisotopic (exact) mass is 403 g/mol. The van der Waals surface area contributed by atoms with Gasteiger partial charge in [0.2, 0.25) is 0 Å². The first-order valence-corrected chi connectivity index (χ1v) is 12.0. The van der Waals surface area contributed by atoms with Crippen LogP contribution in [0.2, 0.25) is 0 Å². The summed E-state index contributed by atoms with van der Waals surface area (Å²) < 4.78 is 10.5. The van der Waals surface area contributed by atoms with Crippen LogP contribution in [0.4, 0.5) is 4.79 Å². The van der Waals surface area contributed by atoms with Crippen LogP contribution in [-0.2, 0) is 14.3 Å². The van der Waals surface area contributed by atoms with E-state index in [-0.39, 0.29) is 11.9 Å². The number of unbranched alkanes of at least 4 members (excludes halogenated alkanes) is 8. The van der Waals surface area contributed by atoms with Gasteiger partial charge in [0.15, 0.2) is 0 Å². The minimum absolute atomic E-state index is 0.263. The van der Waals surface area contributed by atoms with E-state index in [9.17, 15) is 9.59 Å². The molecule has 0 aliphatic carbocycles. The molecular formula is C21H41NO4S. The Morgan fingerprint density at radius 2 is 1.52 bits per heavy atom. The van der Waals surface area contributed by atoms with Crippen LogP contribution >= 0.6 is 11.8 Å². The summed E-state index contributed by atoms with van der Waals surface area (Å²) in [7, 11) is 0. The number of thioether (sulfide) groups is 1. The Balaban J connectivity index is 3.92. The number of ether oxygens (including phenoxy) is 2. The van der Waals surface area contributed by atoms with Gasteiger partial charge in [0.05, 0.1) is 13.2 Å². The van der Waals surface area contributed by atoms with Gasteiger partial charge < -0.3 is 14.8 Å². The maximum atomic E-state index is 12.3. The third kappa shape index (κ3) is 17.0. The molecule has 0 saturated carbocycles. The second-order valence-corrected chi connectivity index (χ2v) is 8.45. The molecular weight excluding hydrogens is 362 g/mol. The van der Waals surface area contributed by atoms with Crippen molar-refractivity contribution >= 4 is 23.8 Å². The number of nitrogens with one attached hydrogen (secondary N) is 1. The quantitative estimate of drug-likeness (QED) is 0.254. The first-order chi connectivity index (χ1) is 13.0. The van der Waals surface area contributed by atoms with Crippen molar-refractivity contribution in [3.63, 3.8) is 0 Å². The number of carbonyl (C=O) groups excluding carboxylic acids is 2. The minimum atomic E-state index is -0.629. The van der Waals surface area contributed by atoms with E-state index in [1.165, 1.54) is 44.9 Å². The van der Waals surface area contributed by atoms with Gasteiger partial charge in [-0.3, -0.25) is 0 Å². The number of hydrogen-bond donors (Lipinski definition) is 1. The Labute approximate surface area is 170 Å². The molecule has 0 spiro atoms. The van der Waals surface area contributed by atoms with E-state index < -0.39 is 12.1 Å². The molecule has 160 valence electrons. The zero-order valence-corrected chi connectivity index (χ0v) is 18.7. The van der Waals surface area contributed by atoms with Crippen molar-refractivity contribution in [3.05, 3.63) is 0 Å². The highest BCUT2D eigenvalue weighted by molar-refractivity contribution is 7.98. The normalized spacial score (nSPS) is 12.0. The molecule has 27 heavy (non-hydrogen) atoms. The molecule has 0 aromatic heterocycles. The summed E-state index contributed by atoms with van der Waals surface area (Å²) in [6, 6.07) is -0.629. The van der Waals surface area contributed by atoms with Crippen LogP contribution < -0.4 is 5.32 Å². The van der Waals surface area contributed by atoms with Crippen LogP contribution in [0.1, 0.15) is 85.0 Å². The Morgan fingerprint density at radius 1 is 0.926 bits per heavy atom. The standard InChI is InChI=1S/C21H41NO4S/c1-5-6-7-8-9-10-11-12-13-15-25-20(23)19(14-16-27-4)22-21(24)26-17-18(2)3/h18-19H,5-17H2,1-4H3,(H,22,24)/t19-/m0/s1. The molecule has 6 heteroatoms. The van der Waals surface area contributed by atoms with Crippen molar-refractivity contribution in [1.82, 2.24) is 5.32 Å². The molecule has 0 rings (SSSR count). The number of carbonyl (C=O) groups is 2. The summed E-state index contributed by atoms with van der Waals surface area (Å²) in [5.74, 6) is 0.687. The summed E-state index contributed by atoms with van der Waals surface area (Å²) in [5.41, 5.74) is 0. The van der Waals surface area contributed by atoms with Crippen LogP contribution in [0.25, 0.3) is 0 Å². The Morgan fingerprint density at radius 3 is 2.07 bits per heavy atom. The minimum Gasteiger partial charge on any atom is -0.464 e. The van der Waals surface area contributed by atoms with Gasteiger partial charge in [-0.1, -0.05) is 72.1 Å². The summed E-state index contributed by atoms with van der Waals surface area (Å²) in [4.78, 5) is 24.1. The van der Waals surface area contributed by atoms with Gasteiger partial charge in [-0.05, 0) is 30.8 Å². The first-order valence-electron chi connectivity index (χ1n) is 10.6. The topological polar surface area (TPSA) is 64.6 Å². The number of esters is 1. The van der Waals surface area contributed by atoms with Gasteiger partial charge in [-0.15, -0.1) is 0 Å². The predicted molar refractivity (Wildman–Crippen MR) is 114 cm³/mol. The van der Waals surface area contributed by atoms with Crippen molar-refractivity contribution in [2.75, 3.05) is 25.2 Å². The number of rotatable bonds is 17. The van der Waals surface area contributed by atoms with E-state index >= 15 is 0 Å². The van der Waals surface area contributed by atoms with Crippen LogP contribution in [-0.4, -0.2) is 43.3 Å². The largest absolute Gasteiger partial charge is 0.464 e. The van der Waals surface area contributed by atoms with Gasteiger partial charge in [-0.25, -0.2) is 9.59 Å². The molecule has 1 atom stereocenters. The van der Waals surface area contributed by atoms with Gasteiger partial charge >= 0.3 is 12.1 Å². The molecule has 5 nitrogen and oxygen atoms in total. The summed E-state index contributed by atoms with van der Waals surface area (Å²) in [6.45, 7) is 6.94. The Kier molecular flexibility index (Phi) is 17.8. The van der Waals surface area contributed by atoms with Crippen molar-refractivity contribution in [2.24, 2.45) is 5.92 Å². The van der Waals surface area contributed by atoms with Crippen LogP contribution in [0.15, 0.2) is 0 Å². The van der Waals surface area contributed by atoms with E-state index in [4.69, 9.17) is 9.47 Å². The van der Waals surface area contributed by atoms with E-state index in [2.05, 4.69) is 12.2 Å². The van der Waals surface area contributed by atoms with E-state index in [0.29, 0.717) is 19.6 Å². The lowest BCUT2D eigenvalue weighted by atomic mass is 10.1. The molecule has 1 N–H and O–H groups in total. The molecule has 0 aromatic carbocycles. The van der Waals surface area contributed by atoms with Crippen molar-refractivity contribution in [1.29, 1.82) is 0 Å². The SMILES string of the molecule is CCCCCCCCCCCOC(=O)[C@H](CCSC)NC(=O)OCC(C)C. The molecule has 0 aliphatic rings. The second kappa shape index (κ2) is 18.5. The van der Waals surface area contributed by atoms with Crippen LogP contribution in [0.5, 0.6) is 0 Å². The van der Waals surface area contributed by atoms with Crippen LogP contribution in [0.3, 0.4) is 0 Å². The maximum absolute atomic E-state index is 12.3. The Hall–Kier alpha value is -0.910. The van der Waals surface area contributed by atoms with Crippen molar-refractivity contribution in [2.45, 2.75) is 91.0 Å². The Bertz CT molecular complexity index is 377. The van der Waals surface area contributed by atoms with E-state index in [1.807, 2.05) is 20.1 Å². The highest BCUT2D eigenvalue weighted by Gasteiger charge is 2.22. The fourth-order valence-electron chi connectivity index (χ4n) is 2.60. The number of hydrogen-bond acceptors (Lipinski definition) is 5. The van der Waals surface area contributed by atoms with E-state index in [1.54, 1.807) is 11.8 Å². The smallest absolute Gasteiger partial charge is 0.407 e. The zero-order valence-electron chi connectivity index (χ0n) is 17.9. The lowest BCUT2D eigenvalue weighted by Crippen LogP contribution is -2.43. The molecule has 0 aliphatic heterocycles. The third-order valence-corrected chi connectivity index (χ3v) is 4.87. The first kappa shape index (κ1) is 26.1. The van der Waals surface area contributed by atoms with Gasteiger partial charge in [0.25, 0.3) is 0 Å². The zero-order chi connectivity index (χ0) is 20.3. The molecule has 0 radical (unpaired) electrons. The molecule has 0 bridgehead atoms. The lowest BCUT2D eigenvalue weighted by Gasteiger charge is -2.17. The highest BCUT2D eigenvalue weighted by atomic mass is 32.2. The average molecular weight is 404 g/mol. The lowest BCUT2D eigenvalue weighted by molar-refractivity contribution is -0.146. The van der Waals surface area contributed by atoms with Crippen molar-refractivity contribution < 1.29 is 19.1 Å². The van der Waals surface area contributed by atoms with Gasteiger partial charge in [0.1, 0.15) is 6.04 Å². The summed E-state index contributed by atoms with van der Waals surface area (Å²) in [5, 5.41) is 2.64. The fraction of sp³-hybridized carbons (Fsp3) is 0.905. The molecule has 0 fully saturated rings. The predicted octanol–water partition coefficient (Wildman–Crippen LogP) is 5.56.